The zero-order chi connectivity index (χ0) is 20.2. The van der Waals surface area contributed by atoms with Crippen LogP contribution in [0.1, 0.15) is 37.3 Å². The van der Waals surface area contributed by atoms with Gasteiger partial charge in [0.25, 0.3) is 0 Å². The van der Waals surface area contributed by atoms with Gasteiger partial charge in [0.1, 0.15) is 17.3 Å². The highest BCUT2D eigenvalue weighted by Crippen LogP contribution is 2.39. The zero-order valence-electron chi connectivity index (χ0n) is 17.0. The Morgan fingerprint density at radius 2 is 1.76 bits per heavy atom. The number of carbonyl (C=O) groups excluding carboxylic acids is 1. The molecule has 0 amide bonds. The number of anilines is 1. The van der Waals surface area contributed by atoms with Crippen molar-refractivity contribution < 1.29 is 14.3 Å². The minimum atomic E-state index is -0.117. The second-order valence-electron chi connectivity index (χ2n) is 7.61. The van der Waals surface area contributed by atoms with Crippen LogP contribution in [-0.2, 0) is 4.79 Å². The van der Waals surface area contributed by atoms with Crippen LogP contribution in [0.25, 0.3) is 10.8 Å². The normalized spacial score (nSPS) is 17.7. The summed E-state index contributed by atoms with van der Waals surface area (Å²) in [5, 5.41) is 6.01. The van der Waals surface area contributed by atoms with Crippen LogP contribution in [-0.4, -0.2) is 20.0 Å². The van der Waals surface area contributed by atoms with Gasteiger partial charge in [0.15, 0.2) is 0 Å². The Labute approximate surface area is 171 Å². The van der Waals surface area contributed by atoms with Gasteiger partial charge < -0.3 is 14.8 Å². The molecule has 0 radical (unpaired) electrons. The van der Waals surface area contributed by atoms with Gasteiger partial charge in [-0.05, 0) is 47.4 Å². The average molecular weight is 389 g/mol. The quantitative estimate of drug-likeness (QED) is 0.581. The standard InChI is InChI=1S/C25H27NO3/c1-28-20-13-14-24(29-2)22(16-20)26-25(21-9-5-6-10-23(21)27)19-12-11-17-7-3-4-8-18(17)15-19/h3-4,7-8,11-16,21,25-26H,5-6,9-10H2,1-2H3. The number of fused-ring (bicyclic) bond motifs is 1. The summed E-state index contributed by atoms with van der Waals surface area (Å²) >= 11 is 0. The maximum Gasteiger partial charge on any atom is 0.142 e. The van der Waals surface area contributed by atoms with Gasteiger partial charge in [-0.2, -0.15) is 0 Å². The third kappa shape index (κ3) is 4.07. The third-order valence-electron chi connectivity index (χ3n) is 5.85. The van der Waals surface area contributed by atoms with Gasteiger partial charge in [-0.25, -0.2) is 0 Å². The van der Waals surface area contributed by atoms with E-state index in [9.17, 15) is 4.79 Å². The van der Waals surface area contributed by atoms with Crippen molar-refractivity contribution in [2.45, 2.75) is 31.7 Å². The van der Waals surface area contributed by atoms with E-state index in [1.807, 2.05) is 30.3 Å². The van der Waals surface area contributed by atoms with Crippen LogP contribution in [0.3, 0.4) is 0 Å². The Balaban J connectivity index is 1.77. The van der Waals surface area contributed by atoms with E-state index in [1.165, 1.54) is 10.8 Å². The molecule has 150 valence electrons. The van der Waals surface area contributed by atoms with Gasteiger partial charge in [-0.3, -0.25) is 4.79 Å². The molecule has 4 heteroatoms. The number of carbonyl (C=O) groups is 1. The van der Waals surface area contributed by atoms with Crippen molar-refractivity contribution in [3.05, 3.63) is 66.2 Å². The summed E-state index contributed by atoms with van der Waals surface area (Å²) in [6, 6.07) is 20.4. The largest absolute Gasteiger partial charge is 0.497 e. The highest BCUT2D eigenvalue weighted by molar-refractivity contribution is 5.85. The molecule has 29 heavy (non-hydrogen) atoms. The number of Topliss-reactive ketones (excluding diaryl/α,β-unsaturated/α-hetero) is 1. The lowest BCUT2D eigenvalue weighted by molar-refractivity contribution is -0.125. The van der Waals surface area contributed by atoms with Crippen molar-refractivity contribution in [1.82, 2.24) is 0 Å². The number of methoxy groups -OCH3 is 2. The predicted octanol–water partition coefficient (Wildman–Crippen LogP) is 5.77. The highest BCUT2D eigenvalue weighted by atomic mass is 16.5. The molecule has 1 N–H and O–H groups in total. The predicted molar refractivity (Wildman–Crippen MR) is 117 cm³/mol. The van der Waals surface area contributed by atoms with Crippen molar-refractivity contribution in [1.29, 1.82) is 0 Å². The van der Waals surface area contributed by atoms with Crippen LogP contribution in [0.4, 0.5) is 5.69 Å². The molecule has 1 aliphatic rings. The summed E-state index contributed by atoms with van der Waals surface area (Å²) in [7, 11) is 3.31. The van der Waals surface area contributed by atoms with Gasteiger partial charge in [0, 0.05) is 18.4 Å². The number of benzene rings is 3. The molecule has 1 fully saturated rings. The summed E-state index contributed by atoms with van der Waals surface area (Å²) in [5.41, 5.74) is 1.96. The molecule has 3 aromatic carbocycles. The van der Waals surface area contributed by atoms with Crippen molar-refractivity contribution in [3.8, 4) is 11.5 Å². The fourth-order valence-electron chi connectivity index (χ4n) is 4.27. The molecule has 4 rings (SSSR count). The Morgan fingerprint density at radius 1 is 0.931 bits per heavy atom. The van der Waals surface area contributed by atoms with E-state index in [1.54, 1.807) is 14.2 Å². The van der Waals surface area contributed by atoms with Crippen molar-refractivity contribution in [3.63, 3.8) is 0 Å². The molecule has 4 nitrogen and oxygen atoms in total. The topological polar surface area (TPSA) is 47.6 Å². The summed E-state index contributed by atoms with van der Waals surface area (Å²) < 4.78 is 11.0. The van der Waals surface area contributed by atoms with Crippen molar-refractivity contribution >= 4 is 22.2 Å². The first-order valence-electron chi connectivity index (χ1n) is 10.2. The van der Waals surface area contributed by atoms with Gasteiger partial charge in [0.05, 0.1) is 25.9 Å². The molecule has 3 aromatic rings. The maximum atomic E-state index is 12.8. The molecule has 1 aliphatic carbocycles. The molecule has 0 aliphatic heterocycles. The minimum Gasteiger partial charge on any atom is -0.497 e. The number of hydrogen-bond donors (Lipinski definition) is 1. The lowest BCUT2D eigenvalue weighted by atomic mass is 9.79. The van der Waals surface area contributed by atoms with Crippen LogP contribution in [0, 0.1) is 5.92 Å². The molecule has 2 unspecified atom stereocenters. The molecular formula is C25H27NO3. The van der Waals surface area contributed by atoms with Gasteiger partial charge in [-0.1, -0.05) is 42.8 Å². The monoisotopic (exact) mass is 389 g/mol. The first kappa shape index (κ1) is 19.3. The van der Waals surface area contributed by atoms with Crippen LogP contribution in [0.5, 0.6) is 11.5 Å². The summed E-state index contributed by atoms with van der Waals surface area (Å²) in [4.78, 5) is 12.8. The molecule has 1 saturated carbocycles. The van der Waals surface area contributed by atoms with E-state index in [0.29, 0.717) is 12.2 Å². The number of rotatable bonds is 6. The second kappa shape index (κ2) is 8.56. The Kier molecular flexibility index (Phi) is 5.70. The maximum absolute atomic E-state index is 12.8. The lowest BCUT2D eigenvalue weighted by Gasteiger charge is -2.31. The number of ether oxygens (including phenoxy) is 2. The van der Waals surface area contributed by atoms with E-state index >= 15 is 0 Å². The van der Waals surface area contributed by atoms with Crippen LogP contribution in [0.2, 0.25) is 0 Å². The third-order valence-corrected chi connectivity index (χ3v) is 5.85. The van der Waals surface area contributed by atoms with E-state index in [2.05, 4.69) is 35.6 Å². The highest BCUT2D eigenvalue weighted by Gasteiger charge is 2.32. The van der Waals surface area contributed by atoms with Gasteiger partial charge in [-0.15, -0.1) is 0 Å². The number of hydrogen-bond acceptors (Lipinski definition) is 4. The zero-order valence-corrected chi connectivity index (χ0v) is 17.0. The van der Waals surface area contributed by atoms with E-state index in [-0.39, 0.29) is 12.0 Å². The van der Waals surface area contributed by atoms with Crippen LogP contribution in [0.15, 0.2) is 60.7 Å². The molecule has 0 aromatic heterocycles. The molecule has 0 heterocycles. The van der Waals surface area contributed by atoms with E-state index < -0.39 is 0 Å². The molecule has 2 atom stereocenters. The number of ketones is 1. The molecule has 0 saturated heterocycles. The average Bonchev–Trinajstić information content (AvgIpc) is 2.77. The Bertz CT molecular complexity index is 1010. The van der Waals surface area contributed by atoms with Crippen molar-refractivity contribution in [2.24, 2.45) is 5.92 Å². The fourth-order valence-corrected chi connectivity index (χ4v) is 4.27. The summed E-state index contributed by atoms with van der Waals surface area (Å²) in [5.74, 6) is 1.77. The number of nitrogens with one attached hydrogen (secondary N) is 1. The van der Waals surface area contributed by atoms with Gasteiger partial charge in [0.2, 0.25) is 0 Å². The summed E-state index contributed by atoms with van der Waals surface area (Å²) in [6.07, 6.45) is 3.63. The Hall–Kier alpha value is -3.01. The van der Waals surface area contributed by atoms with E-state index in [4.69, 9.17) is 9.47 Å². The Morgan fingerprint density at radius 3 is 2.52 bits per heavy atom. The first-order chi connectivity index (χ1) is 14.2. The smallest absolute Gasteiger partial charge is 0.142 e. The molecular weight excluding hydrogens is 362 g/mol. The molecule has 0 bridgehead atoms. The van der Waals surface area contributed by atoms with Crippen LogP contribution < -0.4 is 14.8 Å². The second-order valence-corrected chi connectivity index (χ2v) is 7.61. The lowest BCUT2D eigenvalue weighted by Crippen LogP contribution is -2.30. The van der Waals surface area contributed by atoms with Crippen LogP contribution >= 0.6 is 0 Å². The molecule has 0 spiro atoms. The minimum absolute atomic E-state index is 0.0548. The van der Waals surface area contributed by atoms with Gasteiger partial charge >= 0.3 is 0 Å². The fraction of sp³-hybridized carbons (Fsp3) is 0.320. The first-order valence-corrected chi connectivity index (χ1v) is 10.2. The summed E-state index contributed by atoms with van der Waals surface area (Å²) in [6.45, 7) is 0. The SMILES string of the molecule is COc1ccc(OC)c(NC(c2ccc3ccccc3c2)C2CCCCC2=O)c1. The van der Waals surface area contributed by atoms with E-state index in [0.717, 1.165) is 42.0 Å². The van der Waals surface area contributed by atoms with Crippen molar-refractivity contribution in [2.75, 3.05) is 19.5 Å².